The fourth-order valence-corrected chi connectivity index (χ4v) is 2.84. The van der Waals surface area contributed by atoms with E-state index in [0.29, 0.717) is 23.0 Å². The first-order valence-corrected chi connectivity index (χ1v) is 7.78. The van der Waals surface area contributed by atoms with Crippen molar-refractivity contribution in [1.82, 2.24) is 15.1 Å². The van der Waals surface area contributed by atoms with Gasteiger partial charge in [-0.25, -0.2) is 0 Å². The molecule has 0 atom stereocenters. The molecule has 0 unspecified atom stereocenters. The Morgan fingerprint density at radius 3 is 2.52 bits per heavy atom. The van der Waals surface area contributed by atoms with Gasteiger partial charge < -0.3 is 10.2 Å². The van der Waals surface area contributed by atoms with Crippen LogP contribution < -0.4 is 5.32 Å². The molecule has 1 amide bonds. The Kier molecular flexibility index (Phi) is 4.80. The van der Waals surface area contributed by atoms with Gasteiger partial charge in [0.05, 0.1) is 0 Å². The lowest BCUT2D eigenvalue weighted by Crippen LogP contribution is -2.41. The third-order valence-electron chi connectivity index (χ3n) is 4.42. The second-order valence-electron chi connectivity index (χ2n) is 6.65. The van der Waals surface area contributed by atoms with Crippen LogP contribution in [-0.4, -0.2) is 40.6 Å². The highest BCUT2D eigenvalue weighted by Gasteiger charge is 2.31. The Hall–Kier alpha value is -1.65. The molecular formula is C16H26N4O. The van der Waals surface area contributed by atoms with Crippen LogP contribution in [0.15, 0.2) is 12.1 Å². The minimum absolute atomic E-state index is 0.0322. The molecule has 2 rings (SSSR count). The topological polar surface area (TPSA) is 58.1 Å². The van der Waals surface area contributed by atoms with Crippen molar-refractivity contribution in [2.45, 2.75) is 52.5 Å². The van der Waals surface area contributed by atoms with E-state index in [1.807, 2.05) is 24.9 Å². The number of hydrogen-bond acceptors (Lipinski definition) is 4. The summed E-state index contributed by atoms with van der Waals surface area (Å²) in [5.41, 5.74) is 0.831. The van der Waals surface area contributed by atoms with E-state index in [2.05, 4.69) is 29.4 Å². The number of amides is 1. The number of hydrogen-bond donors (Lipinski definition) is 1. The van der Waals surface area contributed by atoms with Crippen molar-refractivity contribution in [3.05, 3.63) is 17.8 Å². The summed E-state index contributed by atoms with van der Waals surface area (Å²) in [6.07, 6.45) is 4.47. The van der Waals surface area contributed by atoms with Gasteiger partial charge in [-0.2, -0.15) is 0 Å². The van der Waals surface area contributed by atoms with Gasteiger partial charge in [0, 0.05) is 19.6 Å². The van der Waals surface area contributed by atoms with Crippen molar-refractivity contribution in [2.75, 3.05) is 18.9 Å². The first-order valence-electron chi connectivity index (χ1n) is 7.78. The average Bonchev–Trinajstić information content (AvgIpc) is 2.47. The van der Waals surface area contributed by atoms with Crippen molar-refractivity contribution in [3.8, 4) is 0 Å². The highest BCUT2D eigenvalue weighted by atomic mass is 16.2. The molecule has 0 spiro atoms. The van der Waals surface area contributed by atoms with Crippen molar-refractivity contribution in [1.29, 1.82) is 0 Å². The van der Waals surface area contributed by atoms with Gasteiger partial charge in [-0.15, -0.1) is 10.2 Å². The Morgan fingerprint density at radius 2 is 2.00 bits per heavy atom. The number of rotatable bonds is 4. The highest BCUT2D eigenvalue weighted by Crippen LogP contribution is 2.36. The quantitative estimate of drug-likeness (QED) is 0.926. The monoisotopic (exact) mass is 290 g/mol. The number of carbonyl (C=O) groups is 1. The standard InChI is InChI=1S/C16H26N4O/c1-5-17-14-7-6-13(18-19-14)15(21)20(4)12-8-10-16(2,3)11-9-12/h6-7,12H,5,8-11H2,1-4H3,(H,17,19). The van der Waals surface area contributed by atoms with E-state index in [0.717, 1.165) is 19.4 Å². The Balaban J connectivity index is 1.99. The third kappa shape index (κ3) is 3.93. The molecule has 0 aromatic carbocycles. The smallest absolute Gasteiger partial charge is 0.274 e. The molecule has 1 heterocycles. The summed E-state index contributed by atoms with van der Waals surface area (Å²) in [7, 11) is 1.88. The average molecular weight is 290 g/mol. The number of anilines is 1. The van der Waals surface area contributed by atoms with Crippen molar-refractivity contribution in [3.63, 3.8) is 0 Å². The molecule has 1 saturated carbocycles. The molecule has 5 heteroatoms. The molecular weight excluding hydrogens is 264 g/mol. The molecule has 5 nitrogen and oxygen atoms in total. The van der Waals surface area contributed by atoms with Gasteiger partial charge in [-0.05, 0) is 50.2 Å². The second kappa shape index (κ2) is 6.41. The van der Waals surface area contributed by atoms with E-state index in [9.17, 15) is 4.79 Å². The van der Waals surface area contributed by atoms with Crippen molar-refractivity contribution >= 4 is 11.7 Å². The summed E-state index contributed by atoms with van der Waals surface area (Å²) in [4.78, 5) is 14.3. The normalized spacial score (nSPS) is 18.3. The fraction of sp³-hybridized carbons (Fsp3) is 0.688. The summed E-state index contributed by atoms with van der Waals surface area (Å²) in [5, 5.41) is 11.1. The Bertz CT molecular complexity index is 474. The molecule has 0 saturated heterocycles. The Morgan fingerprint density at radius 1 is 1.33 bits per heavy atom. The summed E-state index contributed by atoms with van der Waals surface area (Å²) in [6.45, 7) is 7.39. The maximum Gasteiger partial charge on any atom is 0.274 e. The minimum Gasteiger partial charge on any atom is -0.369 e. The summed E-state index contributed by atoms with van der Waals surface area (Å²) in [5.74, 6) is 0.673. The molecule has 0 radical (unpaired) electrons. The lowest BCUT2D eigenvalue weighted by molar-refractivity contribution is 0.0628. The van der Waals surface area contributed by atoms with E-state index in [1.165, 1.54) is 12.8 Å². The van der Waals surface area contributed by atoms with Crippen molar-refractivity contribution in [2.24, 2.45) is 5.41 Å². The molecule has 1 aromatic rings. The van der Waals surface area contributed by atoms with Crippen LogP contribution in [0.4, 0.5) is 5.82 Å². The van der Waals surface area contributed by atoms with Crippen LogP contribution in [0.25, 0.3) is 0 Å². The molecule has 116 valence electrons. The fourth-order valence-electron chi connectivity index (χ4n) is 2.84. The lowest BCUT2D eigenvalue weighted by atomic mass is 9.75. The molecule has 21 heavy (non-hydrogen) atoms. The van der Waals surface area contributed by atoms with Gasteiger partial charge in [0.2, 0.25) is 0 Å². The van der Waals surface area contributed by atoms with Crippen LogP contribution in [0, 0.1) is 5.41 Å². The zero-order chi connectivity index (χ0) is 15.5. The maximum atomic E-state index is 12.5. The van der Waals surface area contributed by atoms with E-state index in [-0.39, 0.29) is 5.91 Å². The van der Waals surface area contributed by atoms with Gasteiger partial charge in [-0.1, -0.05) is 13.8 Å². The predicted molar refractivity (Wildman–Crippen MR) is 84.3 cm³/mol. The minimum atomic E-state index is -0.0322. The molecule has 1 N–H and O–H groups in total. The van der Waals surface area contributed by atoms with Gasteiger partial charge in [0.15, 0.2) is 5.69 Å². The zero-order valence-electron chi connectivity index (χ0n) is 13.5. The maximum absolute atomic E-state index is 12.5. The molecule has 0 aliphatic heterocycles. The number of nitrogens with zero attached hydrogens (tertiary/aromatic N) is 3. The molecule has 1 fully saturated rings. The summed E-state index contributed by atoms with van der Waals surface area (Å²) < 4.78 is 0. The largest absolute Gasteiger partial charge is 0.369 e. The zero-order valence-corrected chi connectivity index (χ0v) is 13.5. The Labute approximate surface area is 127 Å². The summed E-state index contributed by atoms with van der Waals surface area (Å²) >= 11 is 0. The summed E-state index contributed by atoms with van der Waals surface area (Å²) in [6, 6.07) is 3.87. The number of carbonyl (C=O) groups excluding carboxylic acids is 1. The van der Waals surface area contributed by atoms with Gasteiger partial charge in [0.1, 0.15) is 5.82 Å². The lowest BCUT2D eigenvalue weighted by Gasteiger charge is -2.38. The van der Waals surface area contributed by atoms with E-state index in [1.54, 1.807) is 6.07 Å². The van der Waals surface area contributed by atoms with Crippen LogP contribution in [0.2, 0.25) is 0 Å². The van der Waals surface area contributed by atoms with Gasteiger partial charge in [0.25, 0.3) is 5.91 Å². The van der Waals surface area contributed by atoms with Crippen LogP contribution in [-0.2, 0) is 0 Å². The molecule has 1 aliphatic carbocycles. The number of nitrogens with one attached hydrogen (secondary N) is 1. The predicted octanol–water partition coefficient (Wildman–Crippen LogP) is 2.95. The van der Waals surface area contributed by atoms with Gasteiger partial charge in [-0.3, -0.25) is 4.79 Å². The van der Waals surface area contributed by atoms with Crippen LogP contribution in [0.1, 0.15) is 56.9 Å². The third-order valence-corrected chi connectivity index (χ3v) is 4.42. The second-order valence-corrected chi connectivity index (χ2v) is 6.65. The van der Waals surface area contributed by atoms with Crippen LogP contribution in [0.5, 0.6) is 0 Å². The molecule has 1 aromatic heterocycles. The first-order chi connectivity index (χ1) is 9.93. The van der Waals surface area contributed by atoms with E-state index in [4.69, 9.17) is 0 Å². The van der Waals surface area contributed by atoms with Crippen molar-refractivity contribution < 1.29 is 4.79 Å². The molecule has 0 bridgehead atoms. The SMILES string of the molecule is CCNc1ccc(C(=O)N(C)C2CCC(C)(C)CC2)nn1. The van der Waals surface area contributed by atoms with Gasteiger partial charge >= 0.3 is 0 Å². The molecule has 1 aliphatic rings. The highest BCUT2D eigenvalue weighted by molar-refractivity contribution is 5.92. The van der Waals surface area contributed by atoms with Crippen LogP contribution >= 0.6 is 0 Å². The first kappa shape index (κ1) is 15.7. The van der Waals surface area contributed by atoms with E-state index < -0.39 is 0 Å². The van der Waals surface area contributed by atoms with E-state index >= 15 is 0 Å². The van der Waals surface area contributed by atoms with Crippen LogP contribution in [0.3, 0.4) is 0 Å². The number of aromatic nitrogens is 2.